The van der Waals surface area contributed by atoms with Crippen molar-refractivity contribution in [3.8, 4) is 0 Å². The Labute approximate surface area is 156 Å². The van der Waals surface area contributed by atoms with Crippen molar-refractivity contribution in [2.24, 2.45) is 5.92 Å². The molecule has 2 saturated heterocycles. The summed E-state index contributed by atoms with van der Waals surface area (Å²) >= 11 is 6.30. The van der Waals surface area contributed by atoms with Crippen molar-refractivity contribution in [3.63, 3.8) is 0 Å². The molecule has 1 amide bonds. The minimum atomic E-state index is 0.344. The van der Waals surface area contributed by atoms with Crippen LogP contribution in [0.3, 0.4) is 0 Å². The van der Waals surface area contributed by atoms with Gasteiger partial charge in [0, 0.05) is 50.7 Å². The van der Waals surface area contributed by atoms with Crippen LogP contribution in [0, 0.1) is 5.92 Å². The van der Waals surface area contributed by atoms with Crippen LogP contribution in [0.2, 0.25) is 5.02 Å². The lowest BCUT2D eigenvalue weighted by Gasteiger charge is -2.34. The molecule has 0 spiro atoms. The van der Waals surface area contributed by atoms with Crippen molar-refractivity contribution in [2.75, 3.05) is 46.3 Å². The van der Waals surface area contributed by atoms with Gasteiger partial charge in [0.05, 0.1) is 0 Å². The van der Waals surface area contributed by atoms with E-state index in [-0.39, 0.29) is 0 Å². The van der Waals surface area contributed by atoms with E-state index in [2.05, 4.69) is 29.0 Å². The fraction of sp³-hybridized carbons (Fsp3) is 0.650. The molecule has 0 bridgehead atoms. The minimum Gasteiger partial charge on any atom is -0.340 e. The first kappa shape index (κ1) is 18.7. The fourth-order valence-electron chi connectivity index (χ4n) is 3.94. The summed E-state index contributed by atoms with van der Waals surface area (Å²) < 4.78 is 0. The van der Waals surface area contributed by atoms with Gasteiger partial charge >= 0.3 is 0 Å². The molecule has 5 heteroatoms. The van der Waals surface area contributed by atoms with Crippen molar-refractivity contribution in [1.82, 2.24) is 14.7 Å². The molecule has 0 saturated carbocycles. The van der Waals surface area contributed by atoms with E-state index in [1.54, 1.807) is 0 Å². The third kappa shape index (κ3) is 5.44. The van der Waals surface area contributed by atoms with Gasteiger partial charge in [0.15, 0.2) is 0 Å². The fourth-order valence-corrected chi connectivity index (χ4v) is 4.14. The third-order valence-electron chi connectivity index (χ3n) is 5.58. The summed E-state index contributed by atoms with van der Waals surface area (Å²) in [7, 11) is 2.12. The van der Waals surface area contributed by atoms with Crippen molar-refractivity contribution in [3.05, 3.63) is 34.9 Å². The van der Waals surface area contributed by atoms with Crippen molar-refractivity contribution in [1.29, 1.82) is 0 Å². The number of hydrogen-bond acceptors (Lipinski definition) is 3. The van der Waals surface area contributed by atoms with E-state index in [1.165, 1.54) is 18.4 Å². The number of likely N-dealkylation sites (N-methyl/N-ethyl adjacent to an activating group) is 1. The second-order valence-corrected chi connectivity index (χ2v) is 7.96. The van der Waals surface area contributed by atoms with Gasteiger partial charge in [0.1, 0.15) is 0 Å². The monoisotopic (exact) mass is 363 g/mol. The molecule has 3 rings (SSSR count). The van der Waals surface area contributed by atoms with Gasteiger partial charge in [-0.2, -0.15) is 0 Å². The van der Waals surface area contributed by atoms with Gasteiger partial charge in [-0.3, -0.25) is 9.69 Å². The van der Waals surface area contributed by atoms with E-state index >= 15 is 0 Å². The lowest BCUT2D eigenvalue weighted by Crippen LogP contribution is -2.47. The number of rotatable bonds is 5. The van der Waals surface area contributed by atoms with Crippen LogP contribution in [-0.2, 0) is 11.3 Å². The van der Waals surface area contributed by atoms with Crippen LogP contribution in [0.4, 0.5) is 0 Å². The van der Waals surface area contributed by atoms with Crippen LogP contribution in [0.15, 0.2) is 24.3 Å². The van der Waals surface area contributed by atoms with Gasteiger partial charge in [-0.25, -0.2) is 0 Å². The number of carbonyl (C=O) groups excluding carboxylic acids is 1. The zero-order chi connectivity index (χ0) is 17.6. The Hall–Kier alpha value is -1.10. The molecule has 25 heavy (non-hydrogen) atoms. The Morgan fingerprint density at radius 2 is 1.92 bits per heavy atom. The molecule has 2 aliphatic heterocycles. The van der Waals surface area contributed by atoms with E-state index < -0.39 is 0 Å². The van der Waals surface area contributed by atoms with E-state index in [4.69, 9.17) is 11.6 Å². The minimum absolute atomic E-state index is 0.344. The molecule has 0 aromatic heterocycles. The van der Waals surface area contributed by atoms with Crippen LogP contribution >= 0.6 is 11.6 Å². The van der Waals surface area contributed by atoms with E-state index in [9.17, 15) is 4.79 Å². The Kier molecular flexibility index (Phi) is 6.74. The van der Waals surface area contributed by atoms with Crippen LogP contribution in [0.5, 0.6) is 0 Å². The first-order valence-corrected chi connectivity index (χ1v) is 9.91. The highest BCUT2D eigenvalue weighted by Gasteiger charge is 2.23. The van der Waals surface area contributed by atoms with Crippen LogP contribution in [0.25, 0.3) is 0 Å². The lowest BCUT2D eigenvalue weighted by atomic mass is 9.92. The molecule has 0 aliphatic carbocycles. The van der Waals surface area contributed by atoms with Crippen LogP contribution in [0.1, 0.15) is 31.2 Å². The summed E-state index contributed by atoms with van der Waals surface area (Å²) in [5, 5.41) is 0.856. The molecule has 0 N–H and O–H groups in total. The van der Waals surface area contributed by atoms with Gasteiger partial charge in [-0.15, -0.1) is 0 Å². The molecule has 0 radical (unpaired) electrons. The number of nitrogens with zero attached hydrogens (tertiary/aromatic N) is 3. The maximum atomic E-state index is 12.4. The number of benzene rings is 1. The van der Waals surface area contributed by atoms with Crippen LogP contribution in [-0.4, -0.2) is 66.9 Å². The van der Waals surface area contributed by atoms with E-state index in [1.807, 2.05) is 17.0 Å². The number of amides is 1. The summed E-state index contributed by atoms with van der Waals surface area (Å²) in [6, 6.07) is 8.11. The number of piperidine rings is 1. The number of likely N-dealkylation sites (tertiary alicyclic amines) is 1. The molecule has 1 unspecified atom stereocenters. The van der Waals surface area contributed by atoms with Gasteiger partial charge in [-0.05, 0) is 50.4 Å². The predicted molar refractivity (Wildman–Crippen MR) is 103 cm³/mol. The average molecular weight is 364 g/mol. The molecule has 138 valence electrons. The topological polar surface area (TPSA) is 26.8 Å². The lowest BCUT2D eigenvalue weighted by molar-refractivity contribution is -0.133. The molecule has 2 aliphatic rings. The molecule has 1 aromatic rings. The SMILES string of the molecule is CN1CCN(C(=O)CCC2CCCN(Cc3ccccc3Cl)C2)CC1. The highest BCUT2D eigenvalue weighted by Crippen LogP contribution is 2.25. The summed E-state index contributed by atoms with van der Waals surface area (Å²) in [5.74, 6) is 0.976. The quantitative estimate of drug-likeness (QED) is 0.804. The molecule has 2 fully saturated rings. The van der Waals surface area contributed by atoms with Gasteiger partial charge in [0.25, 0.3) is 0 Å². The third-order valence-corrected chi connectivity index (χ3v) is 5.95. The molecule has 4 nitrogen and oxygen atoms in total. The zero-order valence-electron chi connectivity index (χ0n) is 15.3. The summed E-state index contributed by atoms with van der Waals surface area (Å²) in [5.41, 5.74) is 1.21. The van der Waals surface area contributed by atoms with E-state index in [0.717, 1.165) is 57.3 Å². The van der Waals surface area contributed by atoms with Gasteiger partial charge in [0.2, 0.25) is 5.91 Å². The molecule has 1 aromatic carbocycles. The van der Waals surface area contributed by atoms with Gasteiger partial charge in [-0.1, -0.05) is 29.8 Å². The number of hydrogen-bond donors (Lipinski definition) is 0. The second-order valence-electron chi connectivity index (χ2n) is 7.56. The number of carbonyl (C=O) groups is 1. The van der Waals surface area contributed by atoms with Crippen molar-refractivity contribution < 1.29 is 4.79 Å². The Morgan fingerprint density at radius 3 is 2.68 bits per heavy atom. The standard InChI is InChI=1S/C20H30ClN3O/c1-22-11-13-24(14-12-22)20(25)9-8-17-5-4-10-23(15-17)16-18-6-2-3-7-19(18)21/h2-3,6-7,17H,4-5,8-16H2,1H3. The Morgan fingerprint density at radius 1 is 1.16 bits per heavy atom. The molecule has 2 heterocycles. The predicted octanol–water partition coefficient (Wildman–Crippen LogP) is 3.11. The van der Waals surface area contributed by atoms with Crippen molar-refractivity contribution >= 4 is 17.5 Å². The number of piperazine rings is 1. The number of halogens is 1. The Balaban J connectivity index is 1.44. The molecule has 1 atom stereocenters. The first-order chi connectivity index (χ1) is 12.1. The summed E-state index contributed by atoms with van der Waals surface area (Å²) in [6.07, 6.45) is 4.19. The van der Waals surface area contributed by atoms with Crippen molar-refractivity contribution in [2.45, 2.75) is 32.2 Å². The summed E-state index contributed by atoms with van der Waals surface area (Å²) in [6.45, 7) is 6.91. The highest BCUT2D eigenvalue weighted by molar-refractivity contribution is 6.31. The largest absolute Gasteiger partial charge is 0.340 e. The molecular formula is C20H30ClN3O. The smallest absolute Gasteiger partial charge is 0.222 e. The normalized spacial score (nSPS) is 23.0. The average Bonchev–Trinajstić information content (AvgIpc) is 2.63. The highest BCUT2D eigenvalue weighted by atomic mass is 35.5. The maximum absolute atomic E-state index is 12.4. The Bertz CT molecular complexity index is 572. The van der Waals surface area contributed by atoms with E-state index in [0.29, 0.717) is 18.2 Å². The second kappa shape index (κ2) is 9.02. The summed E-state index contributed by atoms with van der Waals surface area (Å²) in [4.78, 5) is 19.3. The van der Waals surface area contributed by atoms with Gasteiger partial charge < -0.3 is 9.80 Å². The maximum Gasteiger partial charge on any atom is 0.222 e. The molecular weight excluding hydrogens is 334 g/mol. The first-order valence-electron chi connectivity index (χ1n) is 9.54. The zero-order valence-corrected chi connectivity index (χ0v) is 16.0. The van der Waals surface area contributed by atoms with Crippen LogP contribution < -0.4 is 0 Å².